The third-order valence-corrected chi connectivity index (χ3v) is 5.78. The SMILES string of the molecule is CCOC(=O)C(CC)Cc1ccc(OCc2ccc(-c3nccc(C(F)(F)F)n3)s2)cc1. The van der Waals surface area contributed by atoms with E-state index in [1.807, 2.05) is 31.2 Å². The van der Waals surface area contributed by atoms with Crippen molar-refractivity contribution in [1.82, 2.24) is 9.97 Å². The lowest BCUT2D eigenvalue weighted by atomic mass is 9.97. The summed E-state index contributed by atoms with van der Waals surface area (Å²) in [5.74, 6) is 0.327. The third-order valence-electron chi connectivity index (χ3n) is 4.73. The lowest BCUT2D eigenvalue weighted by molar-refractivity contribution is -0.148. The van der Waals surface area contributed by atoms with Gasteiger partial charge in [-0.2, -0.15) is 13.2 Å². The number of esters is 1. The monoisotopic (exact) mass is 464 g/mol. The molecule has 1 unspecified atom stereocenters. The predicted octanol–water partition coefficient (Wildman–Crippen LogP) is 5.93. The van der Waals surface area contributed by atoms with Crippen molar-refractivity contribution in [2.45, 2.75) is 39.5 Å². The summed E-state index contributed by atoms with van der Waals surface area (Å²) in [7, 11) is 0. The first-order chi connectivity index (χ1) is 15.3. The Morgan fingerprint density at radius 1 is 1.09 bits per heavy atom. The Labute approximate surface area is 188 Å². The molecule has 0 spiro atoms. The second kappa shape index (κ2) is 10.6. The van der Waals surface area contributed by atoms with E-state index in [0.29, 0.717) is 30.1 Å². The molecule has 9 heteroatoms. The molecule has 0 saturated heterocycles. The van der Waals surface area contributed by atoms with Gasteiger partial charge in [0.2, 0.25) is 0 Å². The zero-order valence-electron chi connectivity index (χ0n) is 17.7. The fraction of sp³-hybridized carbons (Fsp3) is 0.348. The van der Waals surface area contributed by atoms with Crippen LogP contribution in [0.3, 0.4) is 0 Å². The van der Waals surface area contributed by atoms with Crippen molar-refractivity contribution in [3.8, 4) is 16.5 Å². The van der Waals surface area contributed by atoms with Crippen LogP contribution in [-0.4, -0.2) is 22.5 Å². The molecule has 0 amide bonds. The van der Waals surface area contributed by atoms with Crippen molar-refractivity contribution < 1.29 is 27.4 Å². The van der Waals surface area contributed by atoms with Gasteiger partial charge >= 0.3 is 12.1 Å². The summed E-state index contributed by atoms with van der Waals surface area (Å²) in [5.41, 5.74) is 0.0411. The highest BCUT2D eigenvalue weighted by Crippen LogP contribution is 2.31. The molecule has 0 fully saturated rings. The lowest BCUT2D eigenvalue weighted by Gasteiger charge is -2.14. The van der Waals surface area contributed by atoms with Gasteiger partial charge < -0.3 is 9.47 Å². The molecule has 0 aliphatic carbocycles. The van der Waals surface area contributed by atoms with Gasteiger partial charge in [-0.25, -0.2) is 9.97 Å². The highest BCUT2D eigenvalue weighted by Gasteiger charge is 2.33. The Morgan fingerprint density at radius 2 is 1.84 bits per heavy atom. The highest BCUT2D eigenvalue weighted by molar-refractivity contribution is 7.15. The van der Waals surface area contributed by atoms with Gasteiger partial charge in [0.1, 0.15) is 18.1 Å². The van der Waals surface area contributed by atoms with Crippen LogP contribution in [0.2, 0.25) is 0 Å². The van der Waals surface area contributed by atoms with E-state index in [1.165, 1.54) is 11.3 Å². The number of carbonyl (C=O) groups is 1. The van der Waals surface area contributed by atoms with Gasteiger partial charge in [-0.05, 0) is 55.7 Å². The first-order valence-corrected chi connectivity index (χ1v) is 11.0. The van der Waals surface area contributed by atoms with Gasteiger partial charge in [0.15, 0.2) is 5.82 Å². The molecule has 0 aliphatic rings. The molecule has 170 valence electrons. The van der Waals surface area contributed by atoms with E-state index in [1.54, 1.807) is 19.1 Å². The number of carbonyl (C=O) groups excluding carboxylic acids is 1. The summed E-state index contributed by atoms with van der Waals surface area (Å²) in [6.07, 6.45) is -2.11. The van der Waals surface area contributed by atoms with Crippen LogP contribution in [0.25, 0.3) is 10.7 Å². The van der Waals surface area contributed by atoms with Crippen LogP contribution in [0.4, 0.5) is 13.2 Å². The fourth-order valence-corrected chi connectivity index (χ4v) is 3.89. The molecule has 0 bridgehead atoms. The first-order valence-electron chi connectivity index (χ1n) is 10.2. The maximum atomic E-state index is 12.9. The molecule has 0 radical (unpaired) electrons. The van der Waals surface area contributed by atoms with Crippen molar-refractivity contribution in [2.75, 3.05) is 6.61 Å². The molecule has 3 aromatic rings. The zero-order chi connectivity index (χ0) is 23.1. The van der Waals surface area contributed by atoms with E-state index in [2.05, 4.69) is 9.97 Å². The van der Waals surface area contributed by atoms with Crippen molar-refractivity contribution in [3.63, 3.8) is 0 Å². The smallest absolute Gasteiger partial charge is 0.433 e. The van der Waals surface area contributed by atoms with Gasteiger partial charge in [0.05, 0.1) is 17.4 Å². The lowest BCUT2D eigenvalue weighted by Crippen LogP contribution is -2.19. The molecular weight excluding hydrogens is 441 g/mol. The molecule has 0 N–H and O–H groups in total. The van der Waals surface area contributed by atoms with Crippen LogP contribution < -0.4 is 4.74 Å². The van der Waals surface area contributed by atoms with E-state index >= 15 is 0 Å². The second-order valence-electron chi connectivity index (χ2n) is 7.02. The van der Waals surface area contributed by atoms with Gasteiger partial charge in [-0.1, -0.05) is 19.1 Å². The van der Waals surface area contributed by atoms with Crippen molar-refractivity contribution in [1.29, 1.82) is 0 Å². The Kier molecular flexibility index (Phi) is 7.84. The summed E-state index contributed by atoms with van der Waals surface area (Å²) in [6, 6.07) is 11.8. The van der Waals surface area contributed by atoms with E-state index < -0.39 is 11.9 Å². The average molecular weight is 465 g/mol. The van der Waals surface area contributed by atoms with Gasteiger partial charge in [0.25, 0.3) is 0 Å². The molecule has 1 aromatic carbocycles. The van der Waals surface area contributed by atoms with Crippen LogP contribution in [-0.2, 0) is 28.7 Å². The average Bonchev–Trinajstić information content (AvgIpc) is 3.25. The third kappa shape index (κ3) is 6.29. The summed E-state index contributed by atoms with van der Waals surface area (Å²) >= 11 is 1.28. The largest absolute Gasteiger partial charge is 0.488 e. The number of hydrogen-bond donors (Lipinski definition) is 0. The number of aromatic nitrogens is 2. The Bertz CT molecular complexity index is 1040. The van der Waals surface area contributed by atoms with E-state index in [-0.39, 0.29) is 24.3 Å². The molecule has 3 rings (SSSR count). The fourth-order valence-electron chi connectivity index (χ4n) is 3.03. The zero-order valence-corrected chi connectivity index (χ0v) is 18.5. The van der Waals surface area contributed by atoms with Gasteiger partial charge in [-0.3, -0.25) is 4.79 Å². The number of rotatable bonds is 9. The summed E-state index contributed by atoms with van der Waals surface area (Å²) in [5, 5.41) is 0. The Morgan fingerprint density at radius 3 is 2.50 bits per heavy atom. The number of halogens is 3. The van der Waals surface area contributed by atoms with E-state index in [0.717, 1.165) is 22.7 Å². The minimum atomic E-state index is -4.51. The molecule has 32 heavy (non-hydrogen) atoms. The summed E-state index contributed by atoms with van der Waals surface area (Å²) < 4.78 is 49.5. The van der Waals surface area contributed by atoms with E-state index in [9.17, 15) is 18.0 Å². The predicted molar refractivity (Wildman–Crippen MR) is 115 cm³/mol. The van der Waals surface area contributed by atoms with Crippen molar-refractivity contribution in [3.05, 3.63) is 64.8 Å². The number of nitrogens with zero attached hydrogens (tertiary/aromatic N) is 2. The number of ether oxygens (including phenoxy) is 2. The number of thiophene rings is 1. The van der Waals surface area contributed by atoms with Crippen molar-refractivity contribution in [2.24, 2.45) is 5.92 Å². The first kappa shape index (κ1) is 23.7. The standard InChI is InChI=1S/C23H23F3N2O3S/c1-3-16(22(29)30-4-2)13-15-5-7-17(8-6-15)31-14-18-9-10-19(32-18)21-27-12-11-20(28-21)23(24,25)26/h5-12,16H,3-4,13-14H2,1-2H3. The maximum Gasteiger partial charge on any atom is 0.433 e. The maximum absolute atomic E-state index is 12.9. The highest BCUT2D eigenvalue weighted by atomic mass is 32.1. The minimum Gasteiger partial charge on any atom is -0.488 e. The molecule has 2 heterocycles. The van der Waals surface area contributed by atoms with Crippen LogP contribution in [0.1, 0.15) is 36.4 Å². The molecule has 2 aromatic heterocycles. The normalized spacial score (nSPS) is 12.4. The van der Waals surface area contributed by atoms with Crippen LogP contribution in [0, 0.1) is 5.92 Å². The van der Waals surface area contributed by atoms with Crippen LogP contribution in [0.15, 0.2) is 48.7 Å². The second-order valence-corrected chi connectivity index (χ2v) is 8.19. The number of hydrogen-bond acceptors (Lipinski definition) is 6. The molecule has 5 nitrogen and oxygen atoms in total. The molecule has 1 atom stereocenters. The topological polar surface area (TPSA) is 61.3 Å². The molecular formula is C23H23F3N2O3S. The summed E-state index contributed by atoms with van der Waals surface area (Å²) in [4.78, 5) is 20.9. The quantitative estimate of drug-likeness (QED) is 0.367. The molecule has 0 aliphatic heterocycles. The summed E-state index contributed by atoms with van der Waals surface area (Å²) in [6.45, 7) is 4.38. The Balaban J connectivity index is 1.59. The van der Waals surface area contributed by atoms with Gasteiger partial charge in [0, 0.05) is 11.1 Å². The van der Waals surface area contributed by atoms with Crippen LogP contribution in [0.5, 0.6) is 5.75 Å². The number of alkyl halides is 3. The van der Waals surface area contributed by atoms with Crippen molar-refractivity contribution >= 4 is 17.3 Å². The number of benzene rings is 1. The molecule has 0 saturated carbocycles. The Hall–Kier alpha value is -2.94. The van der Waals surface area contributed by atoms with Crippen LogP contribution >= 0.6 is 11.3 Å². The minimum absolute atomic E-state index is 0.0347. The van der Waals surface area contributed by atoms with E-state index in [4.69, 9.17) is 9.47 Å². The van der Waals surface area contributed by atoms with Gasteiger partial charge in [-0.15, -0.1) is 11.3 Å².